The second-order valence-electron chi connectivity index (χ2n) is 7.35. The summed E-state index contributed by atoms with van der Waals surface area (Å²) in [5.41, 5.74) is 1.48. The van der Waals surface area contributed by atoms with Crippen molar-refractivity contribution in [2.45, 2.75) is 31.7 Å². The third kappa shape index (κ3) is 6.52. The Bertz CT molecular complexity index is 1340. The van der Waals surface area contributed by atoms with Gasteiger partial charge in [-0.05, 0) is 49.4 Å². The molecular formula is C23H27N3O6S2. The van der Waals surface area contributed by atoms with Gasteiger partial charge in [0.1, 0.15) is 5.75 Å². The summed E-state index contributed by atoms with van der Waals surface area (Å²) in [7, 11) is -2.14. The fraction of sp³-hybridized carbons (Fsp3) is 0.348. The highest BCUT2D eigenvalue weighted by Gasteiger charge is 2.17. The van der Waals surface area contributed by atoms with E-state index in [0.717, 1.165) is 10.2 Å². The van der Waals surface area contributed by atoms with Crippen molar-refractivity contribution in [3.63, 3.8) is 0 Å². The summed E-state index contributed by atoms with van der Waals surface area (Å²) in [6, 6.07) is 11.5. The first-order chi connectivity index (χ1) is 16.2. The molecule has 1 N–H and O–H groups in total. The first kappa shape index (κ1) is 25.6. The molecule has 34 heavy (non-hydrogen) atoms. The highest BCUT2D eigenvalue weighted by atomic mass is 32.2. The van der Waals surface area contributed by atoms with Crippen LogP contribution >= 0.6 is 11.3 Å². The number of sulfone groups is 1. The van der Waals surface area contributed by atoms with E-state index >= 15 is 0 Å². The van der Waals surface area contributed by atoms with Gasteiger partial charge in [0.15, 0.2) is 14.6 Å². The lowest BCUT2D eigenvalue weighted by molar-refractivity contribution is -0.117. The fourth-order valence-corrected chi connectivity index (χ4v) is 5.58. The summed E-state index contributed by atoms with van der Waals surface area (Å²) in [6.07, 6.45) is -0.245. The largest absolute Gasteiger partial charge is 0.497 e. The van der Waals surface area contributed by atoms with E-state index in [2.05, 4.69) is 10.3 Å². The van der Waals surface area contributed by atoms with E-state index in [-0.39, 0.29) is 23.0 Å². The van der Waals surface area contributed by atoms with Crippen LogP contribution in [0.2, 0.25) is 0 Å². The van der Waals surface area contributed by atoms with Gasteiger partial charge in [-0.15, -0.1) is 0 Å². The normalized spacial score (nSPS) is 12.1. The number of methoxy groups -OCH3 is 1. The number of aromatic nitrogens is 1. The topological polar surface area (TPSA) is 116 Å². The van der Waals surface area contributed by atoms with Crippen molar-refractivity contribution < 1.29 is 27.5 Å². The molecule has 0 saturated carbocycles. The lowest BCUT2D eigenvalue weighted by Gasteiger charge is -2.07. The standard InChI is InChI=1S/C23H27N3O6S2/c1-4-32-13-12-26-20-10-5-17(24-16(2)27)15-21(20)33-23(26)25-22(28)11-14-34(29,30)19-8-6-18(31-3)7-9-19/h5-10,15H,4,11-14H2,1-3H3,(H,24,27). The van der Waals surface area contributed by atoms with Crippen LogP contribution in [0.5, 0.6) is 5.75 Å². The van der Waals surface area contributed by atoms with E-state index in [1.165, 1.54) is 37.5 Å². The predicted octanol–water partition coefficient (Wildman–Crippen LogP) is 3.00. The molecule has 0 atom stereocenters. The van der Waals surface area contributed by atoms with E-state index in [1.54, 1.807) is 18.2 Å². The number of carbonyl (C=O) groups excluding carboxylic acids is 2. The number of anilines is 1. The number of amides is 2. The van der Waals surface area contributed by atoms with Gasteiger partial charge in [-0.3, -0.25) is 9.59 Å². The quantitative estimate of drug-likeness (QED) is 0.424. The van der Waals surface area contributed by atoms with Crippen LogP contribution in [0.4, 0.5) is 5.69 Å². The predicted molar refractivity (Wildman–Crippen MR) is 131 cm³/mol. The van der Waals surface area contributed by atoms with Crippen molar-refractivity contribution in [1.29, 1.82) is 0 Å². The molecule has 2 amide bonds. The first-order valence-electron chi connectivity index (χ1n) is 10.7. The molecule has 0 spiro atoms. The molecule has 0 aliphatic heterocycles. The van der Waals surface area contributed by atoms with Crippen LogP contribution in [0.15, 0.2) is 52.4 Å². The Balaban J connectivity index is 1.85. The molecular weight excluding hydrogens is 478 g/mol. The summed E-state index contributed by atoms with van der Waals surface area (Å²) < 4.78 is 38.4. The summed E-state index contributed by atoms with van der Waals surface area (Å²) in [5, 5.41) is 2.74. The highest BCUT2D eigenvalue weighted by molar-refractivity contribution is 7.91. The average Bonchev–Trinajstić information content (AvgIpc) is 3.13. The Labute approximate surface area is 202 Å². The number of carbonyl (C=O) groups is 2. The molecule has 2 aromatic carbocycles. The van der Waals surface area contributed by atoms with Gasteiger partial charge < -0.3 is 19.4 Å². The van der Waals surface area contributed by atoms with Crippen LogP contribution in [0, 0.1) is 0 Å². The molecule has 3 rings (SSSR count). The van der Waals surface area contributed by atoms with E-state index in [9.17, 15) is 18.0 Å². The van der Waals surface area contributed by atoms with Crippen LogP contribution in [0.3, 0.4) is 0 Å². The maximum Gasteiger partial charge on any atom is 0.249 e. The minimum absolute atomic E-state index is 0.125. The lowest BCUT2D eigenvalue weighted by Crippen LogP contribution is -2.20. The second kappa shape index (κ2) is 11.4. The third-order valence-electron chi connectivity index (χ3n) is 4.89. The zero-order valence-electron chi connectivity index (χ0n) is 19.2. The number of thiazole rings is 1. The zero-order chi connectivity index (χ0) is 24.7. The number of nitrogens with zero attached hydrogens (tertiary/aromatic N) is 2. The van der Waals surface area contributed by atoms with Crippen molar-refractivity contribution >= 4 is 48.9 Å². The molecule has 0 aliphatic carbocycles. The van der Waals surface area contributed by atoms with Crippen molar-refractivity contribution in [3.05, 3.63) is 47.3 Å². The Morgan fingerprint density at radius 3 is 2.53 bits per heavy atom. The van der Waals surface area contributed by atoms with Crippen LogP contribution in [-0.4, -0.2) is 50.9 Å². The molecule has 0 saturated heterocycles. The van der Waals surface area contributed by atoms with E-state index in [0.29, 0.717) is 36.0 Å². The number of benzene rings is 2. The van der Waals surface area contributed by atoms with Gasteiger partial charge in [0.05, 0.1) is 34.6 Å². The van der Waals surface area contributed by atoms with Crippen LogP contribution in [0.25, 0.3) is 10.2 Å². The maximum absolute atomic E-state index is 12.6. The monoisotopic (exact) mass is 505 g/mol. The SMILES string of the molecule is CCOCCn1c(=NC(=O)CCS(=O)(=O)c2ccc(OC)cc2)sc2cc(NC(C)=O)ccc21. The highest BCUT2D eigenvalue weighted by Crippen LogP contribution is 2.22. The second-order valence-corrected chi connectivity index (χ2v) is 10.5. The van der Waals surface area contributed by atoms with Crippen LogP contribution in [-0.2, 0) is 30.7 Å². The fourth-order valence-electron chi connectivity index (χ4n) is 3.24. The van der Waals surface area contributed by atoms with Gasteiger partial charge in [-0.2, -0.15) is 4.99 Å². The first-order valence-corrected chi connectivity index (χ1v) is 13.1. The van der Waals surface area contributed by atoms with E-state index in [1.807, 2.05) is 23.6 Å². The van der Waals surface area contributed by atoms with Crippen LogP contribution < -0.4 is 14.9 Å². The van der Waals surface area contributed by atoms with Gasteiger partial charge >= 0.3 is 0 Å². The van der Waals surface area contributed by atoms with E-state index in [4.69, 9.17) is 9.47 Å². The van der Waals surface area contributed by atoms with Gasteiger partial charge in [0.2, 0.25) is 11.8 Å². The Kier molecular flexibility index (Phi) is 8.59. The maximum atomic E-state index is 12.6. The molecule has 0 fully saturated rings. The molecule has 0 aliphatic rings. The molecule has 0 radical (unpaired) electrons. The summed E-state index contributed by atoms with van der Waals surface area (Å²) >= 11 is 1.29. The van der Waals surface area contributed by atoms with Crippen molar-refractivity contribution in [2.24, 2.45) is 4.99 Å². The molecule has 1 heterocycles. The van der Waals surface area contributed by atoms with Gasteiger partial charge in [-0.25, -0.2) is 8.42 Å². The third-order valence-corrected chi connectivity index (χ3v) is 7.66. The van der Waals surface area contributed by atoms with Crippen LogP contribution in [0.1, 0.15) is 20.3 Å². The number of hydrogen-bond acceptors (Lipinski definition) is 7. The number of ether oxygens (including phenoxy) is 2. The van der Waals surface area contributed by atoms with Crippen molar-refractivity contribution in [3.8, 4) is 5.75 Å². The number of nitrogens with one attached hydrogen (secondary N) is 1. The van der Waals surface area contributed by atoms with Gasteiger partial charge in [0.25, 0.3) is 0 Å². The molecule has 182 valence electrons. The minimum atomic E-state index is -3.64. The smallest absolute Gasteiger partial charge is 0.249 e. The van der Waals surface area contributed by atoms with Gasteiger partial charge in [-0.1, -0.05) is 11.3 Å². The molecule has 0 bridgehead atoms. The van der Waals surface area contributed by atoms with E-state index < -0.39 is 15.7 Å². The minimum Gasteiger partial charge on any atom is -0.497 e. The Morgan fingerprint density at radius 2 is 1.88 bits per heavy atom. The molecule has 1 aromatic heterocycles. The molecule has 9 nitrogen and oxygen atoms in total. The zero-order valence-corrected chi connectivity index (χ0v) is 20.9. The van der Waals surface area contributed by atoms with Crippen molar-refractivity contribution in [1.82, 2.24) is 4.57 Å². The van der Waals surface area contributed by atoms with Crippen molar-refractivity contribution in [2.75, 3.05) is 31.4 Å². The van der Waals surface area contributed by atoms with Gasteiger partial charge in [0, 0.05) is 32.2 Å². The molecule has 3 aromatic rings. The summed E-state index contributed by atoms with van der Waals surface area (Å²) in [6.45, 7) is 4.80. The number of hydrogen-bond donors (Lipinski definition) is 1. The summed E-state index contributed by atoms with van der Waals surface area (Å²) in [5.74, 6) is -0.514. The molecule has 11 heteroatoms. The lowest BCUT2D eigenvalue weighted by atomic mass is 10.3. The molecule has 0 unspecified atom stereocenters. The Hall–Kier alpha value is -3.02. The number of rotatable bonds is 10. The summed E-state index contributed by atoms with van der Waals surface area (Å²) in [4.78, 5) is 28.8. The number of fused-ring (bicyclic) bond motifs is 1. The Morgan fingerprint density at radius 1 is 1.15 bits per heavy atom. The average molecular weight is 506 g/mol.